The molecule has 24 heavy (non-hydrogen) atoms. The molecule has 4 aromatic heterocycles. The number of amides is 1. The number of H-pyrrole nitrogens is 1. The van der Waals surface area contributed by atoms with Gasteiger partial charge in [-0.05, 0) is 25.1 Å². The predicted octanol–water partition coefficient (Wildman–Crippen LogP) is 1.48. The Morgan fingerprint density at radius 1 is 1.29 bits per heavy atom. The van der Waals surface area contributed by atoms with Gasteiger partial charge < -0.3 is 9.88 Å². The van der Waals surface area contributed by atoms with Crippen LogP contribution in [-0.2, 0) is 13.6 Å². The zero-order chi connectivity index (χ0) is 16.7. The first-order chi connectivity index (χ1) is 11.6. The summed E-state index contributed by atoms with van der Waals surface area (Å²) in [6, 6.07) is 5.43. The van der Waals surface area contributed by atoms with Gasteiger partial charge in [-0.25, -0.2) is 15.0 Å². The number of rotatable bonds is 3. The lowest BCUT2D eigenvalue weighted by Crippen LogP contribution is -2.23. The topological polar surface area (TPSA) is 101 Å². The van der Waals surface area contributed by atoms with Gasteiger partial charge in [0.2, 0.25) is 0 Å². The standard InChI is InChI=1S/C16H15N7O/c1-9-20-13-11(5-7-18-15(13)23(9)2)16(24)19-8-12-10-4-3-6-17-14(10)22-21-12/h3-7H,8H2,1-2H3,(H,19,24)(H,17,21,22). The molecular weight excluding hydrogens is 306 g/mol. The molecule has 120 valence electrons. The van der Waals surface area contributed by atoms with Crippen molar-refractivity contribution in [2.75, 3.05) is 0 Å². The van der Waals surface area contributed by atoms with Crippen molar-refractivity contribution in [3.8, 4) is 0 Å². The lowest BCUT2D eigenvalue weighted by Gasteiger charge is -2.05. The number of nitrogens with zero attached hydrogens (tertiary/aromatic N) is 5. The number of nitrogens with one attached hydrogen (secondary N) is 2. The SMILES string of the molecule is Cc1nc2c(C(=O)NCc3[nH]nc4ncccc34)ccnc2n1C. The molecule has 4 rings (SSSR count). The smallest absolute Gasteiger partial charge is 0.253 e. The minimum absolute atomic E-state index is 0.202. The van der Waals surface area contributed by atoms with E-state index >= 15 is 0 Å². The first-order valence-electron chi connectivity index (χ1n) is 7.49. The molecule has 0 bridgehead atoms. The van der Waals surface area contributed by atoms with E-state index in [1.165, 1.54) is 0 Å². The van der Waals surface area contributed by atoms with Crippen molar-refractivity contribution in [2.24, 2.45) is 7.05 Å². The van der Waals surface area contributed by atoms with Crippen molar-refractivity contribution in [2.45, 2.75) is 13.5 Å². The van der Waals surface area contributed by atoms with Crippen molar-refractivity contribution < 1.29 is 4.79 Å². The highest BCUT2D eigenvalue weighted by molar-refractivity contribution is 6.04. The van der Waals surface area contributed by atoms with Crippen molar-refractivity contribution in [1.29, 1.82) is 0 Å². The van der Waals surface area contributed by atoms with E-state index in [-0.39, 0.29) is 5.91 Å². The molecule has 1 amide bonds. The van der Waals surface area contributed by atoms with Gasteiger partial charge in [0.25, 0.3) is 5.91 Å². The average Bonchev–Trinajstić information content (AvgIpc) is 3.14. The Bertz CT molecular complexity index is 1060. The summed E-state index contributed by atoms with van der Waals surface area (Å²) < 4.78 is 1.86. The summed E-state index contributed by atoms with van der Waals surface area (Å²) in [6.07, 6.45) is 3.30. The summed E-state index contributed by atoms with van der Waals surface area (Å²) in [7, 11) is 1.88. The molecular formula is C16H15N7O. The minimum Gasteiger partial charge on any atom is -0.346 e. The number of aromatic amines is 1. The second kappa shape index (κ2) is 5.41. The summed E-state index contributed by atoms with van der Waals surface area (Å²) >= 11 is 0. The van der Waals surface area contributed by atoms with Crippen LogP contribution in [0.25, 0.3) is 22.2 Å². The van der Waals surface area contributed by atoms with Crippen molar-refractivity contribution in [3.05, 3.63) is 47.7 Å². The molecule has 4 heterocycles. The van der Waals surface area contributed by atoms with E-state index in [9.17, 15) is 4.79 Å². The second-order valence-corrected chi connectivity index (χ2v) is 5.51. The highest BCUT2D eigenvalue weighted by Gasteiger charge is 2.16. The first kappa shape index (κ1) is 14.3. The van der Waals surface area contributed by atoms with E-state index in [0.717, 1.165) is 16.9 Å². The largest absolute Gasteiger partial charge is 0.346 e. The fraction of sp³-hybridized carbons (Fsp3) is 0.188. The Morgan fingerprint density at radius 3 is 3.04 bits per heavy atom. The first-order valence-corrected chi connectivity index (χ1v) is 7.49. The number of fused-ring (bicyclic) bond motifs is 2. The van der Waals surface area contributed by atoms with E-state index in [0.29, 0.717) is 28.9 Å². The van der Waals surface area contributed by atoms with Crippen LogP contribution in [-0.4, -0.2) is 35.6 Å². The maximum atomic E-state index is 12.6. The Morgan fingerprint density at radius 2 is 2.17 bits per heavy atom. The van der Waals surface area contributed by atoms with Gasteiger partial charge in [0.15, 0.2) is 11.3 Å². The third-order valence-electron chi connectivity index (χ3n) is 4.06. The molecule has 0 saturated heterocycles. The summed E-state index contributed by atoms with van der Waals surface area (Å²) in [5.74, 6) is 0.607. The Balaban J connectivity index is 1.62. The van der Waals surface area contributed by atoms with Crippen LogP contribution >= 0.6 is 0 Å². The number of imidazole rings is 1. The van der Waals surface area contributed by atoms with Crippen LogP contribution in [0.1, 0.15) is 21.9 Å². The number of carbonyl (C=O) groups excluding carboxylic acids is 1. The molecule has 0 aliphatic rings. The highest BCUT2D eigenvalue weighted by atomic mass is 16.1. The monoisotopic (exact) mass is 321 g/mol. The number of hydrogen-bond donors (Lipinski definition) is 2. The zero-order valence-electron chi connectivity index (χ0n) is 13.2. The normalized spacial score (nSPS) is 11.2. The molecule has 0 spiro atoms. The van der Waals surface area contributed by atoms with Gasteiger partial charge in [0.05, 0.1) is 17.8 Å². The minimum atomic E-state index is -0.202. The highest BCUT2D eigenvalue weighted by Crippen LogP contribution is 2.17. The van der Waals surface area contributed by atoms with E-state index in [1.54, 1.807) is 18.5 Å². The Labute approximate surface area is 136 Å². The van der Waals surface area contributed by atoms with Crippen molar-refractivity contribution >= 4 is 28.1 Å². The number of carbonyl (C=O) groups is 1. The summed E-state index contributed by atoms with van der Waals surface area (Å²) in [6.45, 7) is 2.21. The van der Waals surface area contributed by atoms with Crippen LogP contribution in [0.15, 0.2) is 30.6 Å². The van der Waals surface area contributed by atoms with Gasteiger partial charge >= 0.3 is 0 Å². The maximum absolute atomic E-state index is 12.6. The lowest BCUT2D eigenvalue weighted by atomic mass is 10.2. The third-order valence-corrected chi connectivity index (χ3v) is 4.06. The van der Waals surface area contributed by atoms with E-state index < -0.39 is 0 Å². The van der Waals surface area contributed by atoms with Crippen molar-refractivity contribution in [1.82, 2.24) is 35.0 Å². The van der Waals surface area contributed by atoms with Crippen LogP contribution in [0, 0.1) is 6.92 Å². The van der Waals surface area contributed by atoms with Crippen LogP contribution in [0.4, 0.5) is 0 Å². The van der Waals surface area contributed by atoms with Gasteiger partial charge in [0, 0.05) is 24.8 Å². The Kier molecular flexibility index (Phi) is 3.23. The molecule has 0 fully saturated rings. The number of aromatic nitrogens is 6. The van der Waals surface area contributed by atoms with Crippen LogP contribution in [0.2, 0.25) is 0 Å². The number of pyridine rings is 2. The third kappa shape index (κ3) is 2.19. The molecule has 4 aromatic rings. The van der Waals surface area contributed by atoms with Gasteiger partial charge in [-0.1, -0.05) is 0 Å². The molecule has 0 aliphatic heterocycles. The van der Waals surface area contributed by atoms with Gasteiger partial charge in [-0.2, -0.15) is 5.10 Å². The predicted molar refractivity (Wildman–Crippen MR) is 88.3 cm³/mol. The molecule has 8 heteroatoms. The molecule has 0 aromatic carbocycles. The van der Waals surface area contributed by atoms with Crippen LogP contribution in [0.3, 0.4) is 0 Å². The Hall–Kier alpha value is -3.29. The van der Waals surface area contributed by atoms with Gasteiger partial charge in [0.1, 0.15) is 11.3 Å². The summed E-state index contributed by atoms with van der Waals surface area (Å²) in [5.41, 5.74) is 3.25. The van der Waals surface area contributed by atoms with E-state index in [2.05, 4.69) is 30.5 Å². The molecule has 0 saturated carbocycles. The average molecular weight is 321 g/mol. The fourth-order valence-corrected chi connectivity index (χ4v) is 2.67. The van der Waals surface area contributed by atoms with Crippen LogP contribution < -0.4 is 5.32 Å². The van der Waals surface area contributed by atoms with Crippen LogP contribution in [0.5, 0.6) is 0 Å². The zero-order valence-corrected chi connectivity index (χ0v) is 13.2. The fourth-order valence-electron chi connectivity index (χ4n) is 2.67. The van der Waals surface area contributed by atoms with Gasteiger partial charge in [-0.15, -0.1) is 0 Å². The maximum Gasteiger partial charge on any atom is 0.253 e. The van der Waals surface area contributed by atoms with Gasteiger partial charge in [-0.3, -0.25) is 9.89 Å². The second-order valence-electron chi connectivity index (χ2n) is 5.51. The summed E-state index contributed by atoms with van der Waals surface area (Å²) in [5, 5.41) is 10.8. The lowest BCUT2D eigenvalue weighted by molar-refractivity contribution is 0.0952. The molecule has 0 unspecified atom stereocenters. The summed E-state index contributed by atoms with van der Waals surface area (Å²) in [4.78, 5) is 25.5. The van der Waals surface area contributed by atoms with Crippen molar-refractivity contribution in [3.63, 3.8) is 0 Å². The quantitative estimate of drug-likeness (QED) is 0.595. The molecule has 0 atom stereocenters. The van der Waals surface area contributed by atoms with E-state index in [1.807, 2.05) is 30.7 Å². The number of aryl methyl sites for hydroxylation is 2. The molecule has 0 aliphatic carbocycles. The number of hydrogen-bond acceptors (Lipinski definition) is 5. The molecule has 0 radical (unpaired) electrons. The molecule has 2 N–H and O–H groups in total. The van der Waals surface area contributed by atoms with E-state index in [4.69, 9.17) is 0 Å². The molecule has 8 nitrogen and oxygen atoms in total.